The summed E-state index contributed by atoms with van der Waals surface area (Å²) >= 11 is 0. The van der Waals surface area contributed by atoms with Crippen molar-refractivity contribution in [2.24, 2.45) is 0 Å². The van der Waals surface area contributed by atoms with Gasteiger partial charge in [0.1, 0.15) is 0 Å². The molecule has 0 aliphatic heterocycles. The first-order chi connectivity index (χ1) is 12.0. The Bertz CT molecular complexity index is 932. The van der Waals surface area contributed by atoms with Crippen LogP contribution in [0, 0.1) is 0 Å². The van der Waals surface area contributed by atoms with Crippen molar-refractivity contribution in [1.82, 2.24) is 0 Å². The average molecular weight is 386 g/mol. The van der Waals surface area contributed by atoms with E-state index in [1.165, 1.54) is 30.3 Å². The molecule has 0 aliphatic rings. The maximum Gasteiger partial charge on any atom is 0.417 e. The molecule has 0 aromatic heterocycles. The fourth-order valence-electron chi connectivity index (χ4n) is 2.09. The number of rotatable bonds is 5. The van der Waals surface area contributed by atoms with Crippen molar-refractivity contribution in [2.75, 3.05) is 12.9 Å². The van der Waals surface area contributed by atoms with E-state index in [1.54, 1.807) is 0 Å². The van der Waals surface area contributed by atoms with E-state index in [2.05, 4.69) is 4.74 Å². The van der Waals surface area contributed by atoms with Crippen LogP contribution in [0.2, 0.25) is 0 Å². The minimum atomic E-state index is -4.74. The van der Waals surface area contributed by atoms with E-state index < -0.39 is 45.5 Å². The van der Waals surface area contributed by atoms with Crippen LogP contribution in [-0.2, 0) is 20.8 Å². The molecule has 9 heteroatoms. The van der Waals surface area contributed by atoms with Gasteiger partial charge >= 0.3 is 12.1 Å². The summed E-state index contributed by atoms with van der Waals surface area (Å²) in [5, 5.41) is 0. The number of carbonyl (C=O) groups is 2. The molecule has 5 nitrogen and oxygen atoms in total. The standard InChI is InChI=1S/C17H13F3O5S/c1-26(23,24)12-8-6-11(7-9-12)15(21)10-25-16(22)13-4-2-3-5-14(13)17(18,19)20/h2-9H,10H2,1H3. The Kier molecular flexibility index (Phi) is 5.50. The molecule has 2 rings (SSSR count). The second kappa shape index (κ2) is 7.28. The maximum atomic E-state index is 12.9. The molecular weight excluding hydrogens is 373 g/mol. The molecule has 26 heavy (non-hydrogen) atoms. The summed E-state index contributed by atoms with van der Waals surface area (Å²) in [5.74, 6) is -1.96. The number of esters is 1. The van der Waals surface area contributed by atoms with Gasteiger partial charge in [-0.05, 0) is 36.4 Å². The normalized spacial score (nSPS) is 11.8. The summed E-state index contributed by atoms with van der Waals surface area (Å²) in [7, 11) is -3.43. The smallest absolute Gasteiger partial charge is 0.417 e. The van der Waals surface area contributed by atoms with Gasteiger partial charge in [0.15, 0.2) is 22.2 Å². The highest BCUT2D eigenvalue weighted by atomic mass is 32.2. The average Bonchev–Trinajstić information content (AvgIpc) is 2.58. The van der Waals surface area contributed by atoms with Crippen LogP contribution in [0.25, 0.3) is 0 Å². The molecule has 0 saturated heterocycles. The molecule has 0 radical (unpaired) electrons. The van der Waals surface area contributed by atoms with Crippen LogP contribution < -0.4 is 0 Å². The molecule has 2 aromatic rings. The van der Waals surface area contributed by atoms with Crippen LogP contribution in [0.5, 0.6) is 0 Å². The highest BCUT2D eigenvalue weighted by Gasteiger charge is 2.35. The van der Waals surface area contributed by atoms with E-state index in [1.807, 2.05) is 0 Å². The Balaban J connectivity index is 2.10. The predicted molar refractivity (Wildman–Crippen MR) is 85.6 cm³/mol. The van der Waals surface area contributed by atoms with E-state index in [4.69, 9.17) is 0 Å². The molecule has 0 heterocycles. The first-order valence-electron chi connectivity index (χ1n) is 7.17. The number of hydrogen-bond donors (Lipinski definition) is 0. The number of carbonyl (C=O) groups excluding carboxylic acids is 2. The van der Waals surface area contributed by atoms with Crippen LogP contribution in [0.3, 0.4) is 0 Å². The van der Waals surface area contributed by atoms with E-state index in [9.17, 15) is 31.2 Å². The summed E-state index contributed by atoms with van der Waals surface area (Å²) in [6.45, 7) is -0.775. The fraction of sp³-hybridized carbons (Fsp3) is 0.176. The molecule has 0 N–H and O–H groups in total. The molecule has 2 aromatic carbocycles. The summed E-state index contributed by atoms with van der Waals surface area (Å²) in [6, 6.07) is 8.96. The lowest BCUT2D eigenvalue weighted by Gasteiger charge is -2.11. The highest BCUT2D eigenvalue weighted by Crippen LogP contribution is 2.32. The first-order valence-corrected chi connectivity index (χ1v) is 9.06. The zero-order valence-corrected chi connectivity index (χ0v) is 14.2. The van der Waals surface area contributed by atoms with Gasteiger partial charge in [0.05, 0.1) is 16.0 Å². The summed E-state index contributed by atoms with van der Waals surface area (Å²) in [4.78, 5) is 23.9. The zero-order valence-electron chi connectivity index (χ0n) is 13.4. The number of alkyl halides is 3. The minimum absolute atomic E-state index is 0.00477. The number of benzene rings is 2. The van der Waals surface area contributed by atoms with Gasteiger partial charge in [-0.3, -0.25) is 4.79 Å². The predicted octanol–water partition coefficient (Wildman–Crippen LogP) is 3.15. The minimum Gasteiger partial charge on any atom is -0.454 e. The Morgan fingerprint density at radius 1 is 1.00 bits per heavy atom. The summed E-state index contributed by atoms with van der Waals surface area (Å²) < 4.78 is 66.0. The van der Waals surface area contributed by atoms with Crippen LogP contribution in [0.15, 0.2) is 53.4 Å². The van der Waals surface area contributed by atoms with Gasteiger partial charge in [0.2, 0.25) is 0 Å². The number of halogens is 3. The van der Waals surface area contributed by atoms with Gasteiger partial charge in [0, 0.05) is 11.8 Å². The lowest BCUT2D eigenvalue weighted by molar-refractivity contribution is -0.138. The van der Waals surface area contributed by atoms with Crippen molar-refractivity contribution >= 4 is 21.6 Å². The molecule has 0 amide bonds. The zero-order chi connectivity index (χ0) is 19.5. The van der Waals surface area contributed by atoms with Gasteiger partial charge < -0.3 is 4.74 Å². The quantitative estimate of drug-likeness (QED) is 0.583. The molecule has 0 spiro atoms. The van der Waals surface area contributed by atoms with Gasteiger partial charge in [0.25, 0.3) is 0 Å². The van der Waals surface area contributed by atoms with Crippen molar-refractivity contribution in [2.45, 2.75) is 11.1 Å². The highest BCUT2D eigenvalue weighted by molar-refractivity contribution is 7.90. The lowest BCUT2D eigenvalue weighted by atomic mass is 10.1. The topological polar surface area (TPSA) is 77.5 Å². The van der Waals surface area contributed by atoms with E-state index in [-0.39, 0.29) is 10.5 Å². The fourth-order valence-corrected chi connectivity index (χ4v) is 2.72. The molecular formula is C17H13F3O5S. The molecule has 0 saturated carbocycles. The van der Waals surface area contributed by atoms with Gasteiger partial charge in [-0.2, -0.15) is 13.2 Å². The van der Waals surface area contributed by atoms with Gasteiger partial charge in [-0.25, -0.2) is 13.2 Å². The lowest BCUT2D eigenvalue weighted by Crippen LogP contribution is -2.18. The van der Waals surface area contributed by atoms with Crippen molar-refractivity contribution in [3.63, 3.8) is 0 Å². The maximum absolute atomic E-state index is 12.9. The molecule has 0 aliphatic carbocycles. The van der Waals surface area contributed by atoms with Gasteiger partial charge in [-0.15, -0.1) is 0 Å². The number of sulfone groups is 1. The third kappa shape index (κ3) is 4.69. The van der Waals surface area contributed by atoms with Crippen LogP contribution in [0.4, 0.5) is 13.2 Å². The number of ketones is 1. The third-order valence-electron chi connectivity index (χ3n) is 3.39. The SMILES string of the molecule is CS(=O)(=O)c1ccc(C(=O)COC(=O)c2ccccc2C(F)(F)F)cc1. The first kappa shape index (κ1) is 19.6. The van der Waals surface area contributed by atoms with Crippen LogP contribution in [-0.4, -0.2) is 33.0 Å². The Morgan fingerprint density at radius 3 is 2.12 bits per heavy atom. The van der Waals surface area contributed by atoms with Crippen molar-refractivity contribution < 1.29 is 35.9 Å². The van der Waals surface area contributed by atoms with E-state index in [0.717, 1.165) is 24.5 Å². The largest absolute Gasteiger partial charge is 0.454 e. The Morgan fingerprint density at radius 2 is 1.58 bits per heavy atom. The number of ether oxygens (including phenoxy) is 1. The van der Waals surface area contributed by atoms with Gasteiger partial charge in [-0.1, -0.05) is 12.1 Å². The van der Waals surface area contributed by atoms with Crippen molar-refractivity contribution in [1.29, 1.82) is 0 Å². The number of hydrogen-bond acceptors (Lipinski definition) is 5. The van der Waals surface area contributed by atoms with Crippen LogP contribution >= 0.6 is 0 Å². The molecule has 0 fully saturated rings. The second-order valence-corrected chi connectivity index (χ2v) is 7.35. The third-order valence-corrected chi connectivity index (χ3v) is 4.52. The molecule has 138 valence electrons. The van der Waals surface area contributed by atoms with Crippen LogP contribution in [0.1, 0.15) is 26.3 Å². The Hall–Kier alpha value is -2.68. The second-order valence-electron chi connectivity index (χ2n) is 5.34. The Labute approximate surface area is 147 Å². The van der Waals surface area contributed by atoms with E-state index in [0.29, 0.717) is 0 Å². The molecule has 0 atom stereocenters. The molecule has 0 unspecified atom stereocenters. The monoisotopic (exact) mass is 386 g/mol. The summed E-state index contributed by atoms with van der Waals surface area (Å²) in [5.41, 5.74) is -1.79. The molecule has 0 bridgehead atoms. The van der Waals surface area contributed by atoms with Crippen molar-refractivity contribution in [3.05, 3.63) is 65.2 Å². The van der Waals surface area contributed by atoms with E-state index >= 15 is 0 Å². The van der Waals surface area contributed by atoms with Crippen molar-refractivity contribution in [3.8, 4) is 0 Å². The number of Topliss-reactive ketones (excluding diaryl/α,β-unsaturated/α-hetero) is 1. The summed E-state index contributed by atoms with van der Waals surface area (Å²) in [6.07, 6.45) is -3.73.